The molecule has 3 rings (SSSR count). The Morgan fingerprint density at radius 2 is 2.04 bits per heavy atom. The number of piperidine rings is 1. The number of methoxy groups -OCH3 is 1. The minimum absolute atomic E-state index is 0.521. The van der Waals surface area contributed by atoms with Crippen LogP contribution in [0.5, 0.6) is 5.75 Å². The van der Waals surface area contributed by atoms with E-state index in [2.05, 4.69) is 14.9 Å². The van der Waals surface area contributed by atoms with Gasteiger partial charge in [0.05, 0.1) is 7.11 Å². The maximum Gasteiger partial charge on any atom is 0.164 e. The average Bonchev–Trinajstić information content (AvgIpc) is 2.59. The molecule has 0 spiro atoms. The molecule has 6 nitrogen and oxygen atoms in total. The number of aromatic nitrogens is 2. The van der Waals surface area contributed by atoms with Crippen molar-refractivity contribution in [3.63, 3.8) is 0 Å². The molecule has 0 unspecified atom stereocenters. The highest BCUT2D eigenvalue weighted by Crippen LogP contribution is 2.33. The van der Waals surface area contributed by atoms with Crippen LogP contribution in [0.3, 0.4) is 0 Å². The van der Waals surface area contributed by atoms with E-state index in [0.717, 1.165) is 54.8 Å². The van der Waals surface area contributed by atoms with Crippen molar-refractivity contribution in [2.45, 2.75) is 19.3 Å². The first-order valence-corrected chi connectivity index (χ1v) is 9.30. The average molecular weight is 335 g/mol. The number of nitrogens with zero attached hydrogens (tertiary/aromatic N) is 3. The van der Waals surface area contributed by atoms with Crippen LogP contribution in [0.25, 0.3) is 10.9 Å². The lowest BCUT2D eigenvalue weighted by Gasteiger charge is -2.33. The Morgan fingerprint density at radius 3 is 2.74 bits per heavy atom. The van der Waals surface area contributed by atoms with Gasteiger partial charge in [-0.15, -0.1) is 0 Å². The Hall–Kier alpha value is -1.49. The molecule has 23 heavy (non-hydrogen) atoms. The van der Waals surface area contributed by atoms with Gasteiger partial charge in [-0.3, -0.25) is 0 Å². The van der Waals surface area contributed by atoms with Gasteiger partial charge in [-0.1, -0.05) is 6.07 Å². The zero-order valence-electron chi connectivity index (χ0n) is 13.2. The molecule has 2 heterocycles. The predicted octanol–water partition coefficient (Wildman–Crippen LogP) is 2.54. The number of anilines is 1. The number of para-hydroxylation sites is 1. The van der Waals surface area contributed by atoms with Gasteiger partial charge in [-0.05, 0) is 37.3 Å². The third-order valence-corrected chi connectivity index (χ3v) is 5.14. The molecule has 1 saturated heterocycles. The Labute approximate surface area is 137 Å². The first kappa shape index (κ1) is 16.4. The summed E-state index contributed by atoms with van der Waals surface area (Å²) in [4.78, 5) is 29.3. The SMILES string of the molecule is COc1cccc2c(N3CCC(CCP(O)O)CC3)ncnc12. The molecule has 1 aliphatic rings. The molecule has 0 saturated carbocycles. The standard InChI is InChI=1S/C16H22N3O3P/c1-22-14-4-2-3-13-15(14)17-11-18-16(13)19-8-5-12(6-9-19)7-10-23(20)21/h2-4,11-12,20-21H,5-10H2,1H3. The lowest BCUT2D eigenvalue weighted by atomic mass is 9.94. The van der Waals surface area contributed by atoms with Crippen molar-refractivity contribution < 1.29 is 14.5 Å². The van der Waals surface area contributed by atoms with E-state index in [9.17, 15) is 0 Å². The summed E-state index contributed by atoms with van der Waals surface area (Å²) in [6.07, 6.45) is 5.12. The van der Waals surface area contributed by atoms with Crippen molar-refractivity contribution in [3.8, 4) is 5.75 Å². The Balaban J connectivity index is 1.75. The smallest absolute Gasteiger partial charge is 0.164 e. The summed E-state index contributed by atoms with van der Waals surface area (Å²) >= 11 is 0. The summed E-state index contributed by atoms with van der Waals surface area (Å²) in [6.45, 7) is 1.87. The Morgan fingerprint density at radius 1 is 1.26 bits per heavy atom. The summed E-state index contributed by atoms with van der Waals surface area (Å²) in [5, 5.41) is 1.01. The van der Waals surface area contributed by atoms with Crippen LogP contribution in [0.15, 0.2) is 24.5 Å². The van der Waals surface area contributed by atoms with Gasteiger partial charge < -0.3 is 19.4 Å². The normalized spacial score (nSPS) is 16.3. The van der Waals surface area contributed by atoms with Crippen molar-refractivity contribution in [2.75, 3.05) is 31.3 Å². The molecule has 124 valence electrons. The molecule has 1 fully saturated rings. The highest BCUT2D eigenvalue weighted by molar-refractivity contribution is 7.45. The van der Waals surface area contributed by atoms with Crippen LogP contribution in [0, 0.1) is 5.92 Å². The fraction of sp³-hybridized carbons (Fsp3) is 0.500. The van der Waals surface area contributed by atoms with Crippen LogP contribution in [0.1, 0.15) is 19.3 Å². The summed E-state index contributed by atoms with van der Waals surface area (Å²) in [5.74, 6) is 2.29. The first-order chi connectivity index (χ1) is 11.2. The van der Waals surface area contributed by atoms with Crippen molar-refractivity contribution in [2.24, 2.45) is 5.92 Å². The van der Waals surface area contributed by atoms with E-state index in [1.54, 1.807) is 13.4 Å². The third kappa shape index (κ3) is 3.71. The van der Waals surface area contributed by atoms with Gasteiger partial charge in [0.2, 0.25) is 0 Å². The lowest BCUT2D eigenvalue weighted by Crippen LogP contribution is -2.34. The Bertz CT molecular complexity index is 660. The molecule has 0 atom stereocenters. The molecule has 0 radical (unpaired) electrons. The van der Waals surface area contributed by atoms with E-state index in [0.29, 0.717) is 12.1 Å². The van der Waals surface area contributed by atoms with Crippen molar-refractivity contribution >= 4 is 25.1 Å². The highest BCUT2D eigenvalue weighted by atomic mass is 31.2. The topological polar surface area (TPSA) is 78.7 Å². The molecular formula is C16H22N3O3P. The van der Waals surface area contributed by atoms with Gasteiger partial charge >= 0.3 is 0 Å². The molecule has 0 aliphatic carbocycles. The third-order valence-electron chi connectivity index (χ3n) is 4.48. The van der Waals surface area contributed by atoms with E-state index in [-0.39, 0.29) is 0 Å². The van der Waals surface area contributed by atoms with Crippen LogP contribution >= 0.6 is 8.38 Å². The summed E-state index contributed by atoms with van der Waals surface area (Å²) in [7, 11) is -0.106. The van der Waals surface area contributed by atoms with Crippen molar-refractivity contribution in [3.05, 3.63) is 24.5 Å². The van der Waals surface area contributed by atoms with Gasteiger partial charge in [-0.2, -0.15) is 0 Å². The summed E-state index contributed by atoms with van der Waals surface area (Å²) < 4.78 is 5.39. The van der Waals surface area contributed by atoms with E-state index in [1.807, 2.05) is 18.2 Å². The highest BCUT2D eigenvalue weighted by Gasteiger charge is 2.22. The number of rotatable bonds is 5. The number of hydrogen-bond acceptors (Lipinski definition) is 6. The number of benzene rings is 1. The summed E-state index contributed by atoms with van der Waals surface area (Å²) in [5.41, 5.74) is 0.841. The van der Waals surface area contributed by atoms with Crippen LogP contribution < -0.4 is 9.64 Å². The second kappa shape index (κ2) is 7.39. The van der Waals surface area contributed by atoms with E-state index in [4.69, 9.17) is 14.5 Å². The van der Waals surface area contributed by atoms with Crippen LogP contribution in [-0.2, 0) is 0 Å². The second-order valence-corrected chi connectivity index (χ2v) is 7.06. The molecule has 1 aliphatic heterocycles. The van der Waals surface area contributed by atoms with Crippen molar-refractivity contribution in [1.82, 2.24) is 9.97 Å². The molecule has 7 heteroatoms. The second-order valence-electron chi connectivity index (χ2n) is 5.87. The lowest BCUT2D eigenvalue weighted by molar-refractivity contribution is 0.386. The van der Waals surface area contributed by atoms with E-state index < -0.39 is 8.38 Å². The largest absolute Gasteiger partial charge is 0.494 e. The number of fused-ring (bicyclic) bond motifs is 1. The van der Waals surface area contributed by atoms with Gasteiger partial charge in [0.25, 0.3) is 0 Å². The molecule has 0 amide bonds. The zero-order chi connectivity index (χ0) is 16.2. The van der Waals surface area contributed by atoms with Gasteiger partial charge in [0, 0.05) is 24.6 Å². The Kier molecular flexibility index (Phi) is 5.26. The predicted molar refractivity (Wildman–Crippen MR) is 91.9 cm³/mol. The number of hydrogen-bond donors (Lipinski definition) is 2. The fourth-order valence-corrected chi connectivity index (χ4v) is 3.79. The van der Waals surface area contributed by atoms with Crippen LogP contribution in [0.4, 0.5) is 5.82 Å². The molecule has 0 bridgehead atoms. The molecule has 1 aromatic heterocycles. The van der Waals surface area contributed by atoms with Crippen molar-refractivity contribution in [1.29, 1.82) is 0 Å². The minimum Gasteiger partial charge on any atom is -0.494 e. The molecule has 2 aromatic rings. The minimum atomic E-state index is -1.76. The van der Waals surface area contributed by atoms with Crippen LogP contribution in [-0.4, -0.2) is 46.1 Å². The monoisotopic (exact) mass is 335 g/mol. The zero-order valence-corrected chi connectivity index (χ0v) is 14.1. The molecule has 1 aromatic carbocycles. The van der Waals surface area contributed by atoms with E-state index >= 15 is 0 Å². The van der Waals surface area contributed by atoms with E-state index in [1.165, 1.54) is 0 Å². The maximum atomic E-state index is 9.06. The van der Waals surface area contributed by atoms with Gasteiger partial charge in [0.15, 0.2) is 8.38 Å². The van der Waals surface area contributed by atoms with Crippen LogP contribution in [0.2, 0.25) is 0 Å². The molecule has 2 N–H and O–H groups in total. The van der Waals surface area contributed by atoms with Gasteiger partial charge in [-0.25, -0.2) is 9.97 Å². The summed E-state index contributed by atoms with van der Waals surface area (Å²) in [6, 6.07) is 5.91. The fourth-order valence-electron chi connectivity index (χ4n) is 3.19. The maximum absolute atomic E-state index is 9.06. The van der Waals surface area contributed by atoms with Gasteiger partial charge in [0.1, 0.15) is 23.4 Å². The first-order valence-electron chi connectivity index (χ1n) is 7.87. The number of ether oxygens (including phenoxy) is 1. The molecular weight excluding hydrogens is 313 g/mol. The quantitative estimate of drug-likeness (QED) is 0.818.